The number of benzene rings is 1. The average molecular weight is 348 g/mol. The molecule has 0 saturated carbocycles. The molecule has 0 saturated heterocycles. The number of halogens is 4. The van der Waals surface area contributed by atoms with E-state index in [9.17, 15) is 13.2 Å². The van der Waals surface area contributed by atoms with Crippen LogP contribution in [0.1, 0.15) is 18.2 Å². The first-order valence-corrected chi connectivity index (χ1v) is 6.83. The molecule has 0 unspecified atom stereocenters. The van der Waals surface area contributed by atoms with Crippen molar-refractivity contribution in [2.24, 2.45) is 0 Å². The molecule has 1 aromatic heterocycles. The second-order valence-electron chi connectivity index (χ2n) is 4.20. The normalized spacial score (nSPS) is 11.8. The molecule has 2 rings (SSSR count). The van der Waals surface area contributed by atoms with E-state index < -0.39 is 11.9 Å². The molecule has 0 spiro atoms. The van der Waals surface area contributed by atoms with Crippen molar-refractivity contribution in [1.29, 1.82) is 0 Å². The number of aromatic nitrogens is 2. The third-order valence-corrected chi connectivity index (χ3v) is 3.23. The minimum absolute atomic E-state index is 0.570. The largest absolute Gasteiger partial charge is 0.435 e. The lowest BCUT2D eigenvalue weighted by molar-refractivity contribution is -0.141. The molecule has 0 fully saturated rings. The molecule has 7 heteroatoms. The Morgan fingerprint density at radius 1 is 1.30 bits per heavy atom. The standard InChI is InChI=1S/C13H13BrF3N3/c1-2-18-8-9-3-4-10(14)7-11(9)20-6-5-12(19-20)13(15,16)17/h3-7,18H,2,8H2,1H3. The molecule has 1 N–H and O–H groups in total. The van der Waals surface area contributed by atoms with Crippen LogP contribution in [-0.4, -0.2) is 16.3 Å². The summed E-state index contributed by atoms with van der Waals surface area (Å²) in [4.78, 5) is 0. The van der Waals surface area contributed by atoms with Crippen LogP contribution in [-0.2, 0) is 12.7 Å². The van der Waals surface area contributed by atoms with E-state index in [1.807, 2.05) is 19.1 Å². The van der Waals surface area contributed by atoms with Crippen molar-refractivity contribution in [3.05, 3.63) is 46.2 Å². The van der Waals surface area contributed by atoms with Gasteiger partial charge in [0.05, 0.1) is 5.69 Å². The summed E-state index contributed by atoms with van der Waals surface area (Å²) in [5, 5.41) is 6.76. The van der Waals surface area contributed by atoms with Crippen molar-refractivity contribution in [2.45, 2.75) is 19.6 Å². The number of nitrogens with zero attached hydrogens (tertiary/aromatic N) is 2. The monoisotopic (exact) mass is 347 g/mol. The van der Waals surface area contributed by atoms with Gasteiger partial charge < -0.3 is 5.32 Å². The van der Waals surface area contributed by atoms with Crippen LogP contribution in [0, 0.1) is 0 Å². The summed E-state index contributed by atoms with van der Waals surface area (Å²) in [5.74, 6) is 0. The van der Waals surface area contributed by atoms with E-state index in [2.05, 4.69) is 26.3 Å². The quantitative estimate of drug-likeness (QED) is 0.912. The van der Waals surface area contributed by atoms with Crippen LogP contribution in [0.3, 0.4) is 0 Å². The van der Waals surface area contributed by atoms with Gasteiger partial charge in [0.2, 0.25) is 0 Å². The van der Waals surface area contributed by atoms with Gasteiger partial charge in [0.1, 0.15) is 0 Å². The maximum Gasteiger partial charge on any atom is 0.435 e. The molecular formula is C13H13BrF3N3. The van der Waals surface area contributed by atoms with Crippen LogP contribution in [0.15, 0.2) is 34.9 Å². The second kappa shape index (κ2) is 5.97. The number of alkyl halides is 3. The van der Waals surface area contributed by atoms with Crippen molar-refractivity contribution in [3.8, 4) is 5.69 Å². The summed E-state index contributed by atoms with van der Waals surface area (Å²) in [6, 6.07) is 6.43. The second-order valence-corrected chi connectivity index (χ2v) is 5.11. The first-order valence-electron chi connectivity index (χ1n) is 6.04. The molecular weight excluding hydrogens is 335 g/mol. The molecule has 2 aromatic rings. The first kappa shape index (κ1) is 15.1. The number of rotatable bonds is 4. The van der Waals surface area contributed by atoms with Gasteiger partial charge in [-0.2, -0.15) is 18.3 Å². The Balaban J connectivity index is 2.40. The summed E-state index contributed by atoms with van der Waals surface area (Å²) in [5.41, 5.74) is 0.606. The molecule has 0 aliphatic carbocycles. The third kappa shape index (κ3) is 3.40. The summed E-state index contributed by atoms with van der Waals surface area (Å²) < 4.78 is 39.8. The molecule has 0 aliphatic rings. The van der Waals surface area contributed by atoms with Crippen LogP contribution >= 0.6 is 15.9 Å². The fourth-order valence-corrected chi connectivity index (χ4v) is 2.12. The minimum Gasteiger partial charge on any atom is -0.313 e. The van der Waals surface area contributed by atoms with Gasteiger partial charge in [-0.05, 0) is 30.3 Å². The average Bonchev–Trinajstić information content (AvgIpc) is 2.86. The Hall–Kier alpha value is -1.34. The lowest BCUT2D eigenvalue weighted by Crippen LogP contribution is -2.14. The maximum atomic E-state index is 12.6. The van der Waals surface area contributed by atoms with Crippen LogP contribution in [0.4, 0.5) is 13.2 Å². The molecule has 0 atom stereocenters. The predicted octanol–water partition coefficient (Wildman–Crippen LogP) is 3.76. The van der Waals surface area contributed by atoms with E-state index in [-0.39, 0.29) is 0 Å². The zero-order valence-electron chi connectivity index (χ0n) is 10.7. The topological polar surface area (TPSA) is 29.9 Å². The highest BCUT2D eigenvalue weighted by atomic mass is 79.9. The highest BCUT2D eigenvalue weighted by molar-refractivity contribution is 9.10. The zero-order valence-corrected chi connectivity index (χ0v) is 12.3. The first-order chi connectivity index (χ1) is 9.41. The summed E-state index contributed by atoms with van der Waals surface area (Å²) >= 11 is 3.32. The van der Waals surface area contributed by atoms with E-state index >= 15 is 0 Å². The van der Waals surface area contributed by atoms with Crippen molar-refractivity contribution < 1.29 is 13.2 Å². The predicted molar refractivity (Wildman–Crippen MR) is 73.6 cm³/mol. The lowest BCUT2D eigenvalue weighted by Gasteiger charge is -2.11. The minimum atomic E-state index is -4.43. The van der Waals surface area contributed by atoms with E-state index in [0.29, 0.717) is 12.2 Å². The number of hydrogen-bond donors (Lipinski definition) is 1. The highest BCUT2D eigenvalue weighted by Crippen LogP contribution is 2.28. The van der Waals surface area contributed by atoms with Gasteiger partial charge in [-0.1, -0.05) is 28.9 Å². The Labute approximate surface area is 122 Å². The van der Waals surface area contributed by atoms with Crippen molar-refractivity contribution in [1.82, 2.24) is 15.1 Å². The number of nitrogens with one attached hydrogen (secondary N) is 1. The highest BCUT2D eigenvalue weighted by Gasteiger charge is 2.33. The molecule has 1 heterocycles. The van der Waals surface area contributed by atoms with Crippen LogP contribution < -0.4 is 5.32 Å². The molecule has 1 aromatic carbocycles. The fraction of sp³-hybridized carbons (Fsp3) is 0.308. The SMILES string of the molecule is CCNCc1ccc(Br)cc1-n1ccc(C(F)(F)F)n1. The van der Waals surface area contributed by atoms with E-state index in [1.54, 1.807) is 6.07 Å². The maximum absolute atomic E-state index is 12.6. The fourth-order valence-electron chi connectivity index (χ4n) is 1.77. The van der Waals surface area contributed by atoms with Crippen molar-refractivity contribution >= 4 is 15.9 Å². The smallest absolute Gasteiger partial charge is 0.313 e. The van der Waals surface area contributed by atoms with Crippen LogP contribution in [0.25, 0.3) is 5.69 Å². The zero-order chi connectivity index (χ0) is 14.8. The van der Waals surface area contributed by atoms with E-state index in [4.69, 9.17) is 0 Å². The van der Waals surface area contributed by atoms with Crippen LogP contribution in [0.2, 0.25) is 0 Å². The summed E-state index contributed by atoms with van der Waals surface area (Å²) in [6.07, 6.45) is -3.11. The molecule has 20 heavy (non-hydrogen) atoms. The summed E-state index contributed by atoms with van der Waals surface area (Å²) in [7, 11) is 0. The molecule has 0 amide bonds. The molecule has 0 aliphatic heterocycles. The summed E-state index contributed by atoms with van der Waals surface area (Å²) in [6.45, 7) is 3.32. The van der Waals surface area contributed by atoms with Crippen molar-refractivity contribution in [3.63, 3.8) is 0 Å². The van der Waals surface area contributed by atoms with Gasteiger partial charge in [-0.3, -0.25) is 0 Å². The Kier molecular flexibility index (Phi) is 4.49. The van der Waals surface area contributed by atoms with Gasteiger partial charge in [0, 0.05) is 17.2 Å². The van der Waals surface area contributed by atoms with Crippen molar-refractivity contribution in [2.75, 3.05) is 6.54 Å². The van der Waals surface area contributed by atoms with Gasteiger partial charge in [-0.25, -0.2) is 4.68 Å². The van der Waals surface area contributed by atoms with Gasteiger partial charge in [0.15, 0.2) is 5.69 Å². The number of hydrogen-bond acceptors (Lipinski definition) is 2. The Morgan fingerprint density at radius 3 is 2.65 bits per heavy atom. The Morgan fingerprint density at radius 2 is 2.05 bits per heavy atom. The Bertz CT molecular complexity index is 593. The van der Waals surface area contributed by atoms with Crippen LogP contribution in [0.5, 0.6) is 0 Å². The van der Waals surface area contributed by atoms with Gasteiger partial charge in [-0.15, -0.1) is 0 Å². The molecule has 3 nitrogen and oxygen atoms in total. The molecule has 108 valence electrons. The third-order valence-electron chi connectivity index (χ3n) is 2.74. The molecule has 0 bridgehead atoms. The van der Waals surface area contributed by atoms with E-state index in [1.165, 1.54) is 10.9 Å². The van der Waals surface area contributed by atoms with E-state index in [0.717, 1.165) is 22.6 Å². The molecule has 0 radical (unpaired) electrons. The lowest BCUT2D eigenvalue weighted by atomic mass is 10.2. The van der Waals surface area contributed by atoms with Gasteiger partial charge >= 0.3 is 6.18 Å². The van der Waals surface area contributed by atoms with Gasteiger partial charge in [0.25, 0.3) is 0 Å².